The van der Waals surface area contributed by atoms with Crippen molar-refractivity contribution < 1.29 is 4.74 Å². The van der Waals surface area contributed by atoms with E-state index in [9.17, 15) is 0 Å². The van der Waals surface area contributed by atoms with Crippen molar-refractivity contribution in [2.75, 3.05) is 7.11 Å². The highest BCUT2D eigenvalue weighted by molar-refractivity contribution is 9.11. The lowest BCUT2D eigenvalue weighted by Gasteiger charge is -2.05. The lowest BCUT2D eigenvalue weighted by molar-refractivity contribution is 0.154. The van der Waals surface area contributed by atoms with Crippen LogP contribution in [0.3, 0.4) is 0 Å². The summed E-state index contributed by atoms with van der Waals surface area (Å²) in [6, 6.07) is 0. The smallest absolute Gasteiger partial charge is 0.0854 e. The van der Waals surface area contributed by atoms with Gasteiger partial charge in [0.15, 0.2) is 0 Å². The molecule has 0 aliphatic rings. The van der Waals surface area contributed by atoms with Crippen molar-refractivity contribution in [3.8, 4) is 0 Å². The minimum Gasteiger partial charge on any atom is -0.377 e. The number of allylic oxidation sites excluding steroid dienone is 1. The molecule has 0 saturated carbocycles. The molecule has 0 saturated heterocycles. The Balaban J connectivity index is 3.63. The van der Waals surface area contributed by atoms with Crippen LogP contribution >= 0.6 is 15.9 Å². The summed E-state index contributed by atoms with van der Waals surface area (Å²) in [5.41, 5.74) is 0. The summed E-state index contributed by atoms with van der Waals surface area (Å²) in [4.78, 5) is 0. The van der Waals surface area contributed by atoms with Crippen molar-refractivity contribution in [2.45, 2.75) is 20.0 Å². The van der Waals surface area contributed by atoms with E-state index in [1.165, 1.54) is 0 Å². The Hall–Kier alpha value is 0.180. The number of ether oxygens (including phenoxy) is 1. The van der Waals surface area contributed by atoms with Crippen LogP contribution < -0.4 is 0 Å². The average molecular weight is 179 g/mol. The van der Waals surface area contributed by atoms with Crippen LogP contribution in [0.2, 0.25) is 0 Å². The summed E-state index contributed by atoms with van der Waals surface area (Å²) in [5.74, 6) is 0. The molecule has 0 spiro atoms. The molecular weight excluding hydrogens is 168 g/mol. The molecule has 0 aliphatic heterocycles. The Morgan fingerprint density at radius 1 is 1.75 bits per heavy atom. The third kappa shape index (κ3) is 2.48. The van der Waals surface area contributed by atoms with Gasteiger partial charge in [-0.25, -0.2) is 0 Å². The lowest BCUT2D eigenvalue weighted by atomic mass is 10.4. The van der Waals surface area contributed by atoms with Crippen LogP contribution in [0, 0.1) is 0 Å². The molecule has 48 valence electrons. The molecule has 0 rings (SSSR count). The third-order valence-corrected chi connectivity index (χ3v) is 2.12. The van der Waals surface area contributed by atoms with Gasteiger partial charge in [-0.3, -0.25) is 0 Å². The molecule has 8 heavy (non-hydrogen) atoms. The number of halogens is 1. The number of hydrogen-bond acceptors (Lipinski definition) is 1. The standard InChI is InChI=1S/C6H11BrO/c1-4-6(7)5(2)8-3/h4-5H,1-3H3/b6-4-/t5-/m1/s1. The zero-order valence-corrected chi connectivity index (χ0v) is 7.03. The maximum atomic E-state index is 4.99. The molecule has 0 aliphatic carbocycles. The van der Waals surface area contributed by atoms with E-state index in [1.807, 2.05) is 19.9 Å². The number of hydrogen-bond donors (Lipinski definition) is 0. The van der Waals surface area contributed by atoms with Crippen molar-refractivity contribution in [3.63, 3.8) is 0 Å². The summed E-state index contributed by atoms with van der Waals surface area (Å²) >= 11 is 3.34. The zero-order chi connectivity index (χ0) is 6.57. The fourth-order valence-corrected chi connectivity index (χ4v) is 0.534. The molecule has 0 fully saturated rings. The maximum absolute atomic E-state index is 4.99. The fraction of sp³-hybridized carbons (Fsp3) is 0.667. The van der Waals surface area contributed by atoms with Crippen molar-refractivity contribution in [1.82, 2.24) is 0 Å². The fourth-order valence-electron chi connectivity index (χ4n) is 0.347. The Bertz CT molecular complexity index is 88.5. The Morgan fingerprint density at radius 3 is 2.38 bits per heavy atom. The monoisotopic (exact) mass is 178 g/mol. The van der Waals surface area contributed by atoms with Crippen LogP contribution in [-0.4, -0.2) is 13.2 Å². The molecule has 2 heteroatoms. The van der Waals surface area contributed by atoms with E-state index in [0.717, 1.165) is 4.48 Å². The second-order valence-electron chi connectivity index (χ2n) is 1.55. The van der Waals surface area contributed by atoms with Crippen LogP contribution in [0.25, 0.3) is 0 Å². The van der Waals surface area contributed by atoms with Gasteiger partial charge in [0.1, 0.15) is 0 Å². The Kier molecular flexibility index (Phi) is 4.19. The Labute approximate surface area is 58.9 Å². The number of methoxy groups -OCH3 is 1. The highest BCUT2D eigenvalue weighted by Crippen LogP contribution is 2.11. The van der Waals surface area contributed by atoms with Crippen molar-refractivity contribution >= 4 is 15.9 Å². The molecule has 0 heterocycles. The maximum Gasteiger partial charge on any atom is 0.0854 e. The second kappa shape index (κ2) is 4.10. The normalized spacial score (nSPS) is 16.2. The topological polar surface area (TPSA) is 9.23 Å². The van der Waals surface area contributed by atoms with Crippen LogP contribution in [0.1, 0.15) is 13.8 Å². The predicted octanol–water partition coefficient (Wildman–Crippen LogP) is 2.32. The summed E-state index contributed by atoms with van der Waals surface area (Å²) in [7, 11) is 1.69. The molecule has 0 aromatic heterocycles. The summed E-state index contributed by atoms with van der Waals surface area (Å²) in [6.45, 7) is 3.96. The summed E-state index contributed by atoms with van der Waals surface area (Å²) in [6.07, 6.45) is 2.17. The summed E-state index contributed by atoms with van der Waals surface area (Å²) in [5, 5.41) is 0. The van der Waals surface area contributed by atoms with Gasteiger partial charge in [0.05, 0.1) is 6.10 Å². The highest BCUT2D eigenvalue weighted by Gasteiger charge is 1.99. The number of rotatable bonds is 2. The van der Waals surface area contributed by atoms with Gasteiger partial charge in [0.25, 0.3) is 0 Å². The minimum absolute atomic E-state index is 0.194. The first-order valence-electron chi connectivity index (χ1n) is 2.56. The molecule has 0 aromatic rings. The van der Waals surface area contributed by atoms with Crippen molar-refractivity contribution in [1.29, 1.82) is 0 Å². The lowest BCUT2D eigenvalue weighted by Crippen LogP contribution is -2.02. The third-order valence-electron chi connectivity index (χ3n) is 1.02. The molecule has 0 N–H and O–H groups in total. The molecule has 1 nitrogen and oxygen atoms in total. The molecule has 0 aromatic carbocycles. The molecule has 1 atom stereocenters. The van der Waals surface area contributed by atoms with E-state index in [0.29, 0.717) is 0 Å². The van der Waals surface area contributed by atoms with Gasteiger partial charge < -0.3 is 4.74 Å². The average Bonchev–Trinajstić information content (AvgIpc) is 1.84. The van der Waals surface area contributed by atoms with E-state index in [4.69, 9.17) is 4.74 Å². The zero-order valence-electron chi connectivity index (χ0n) is 5.44. The molecule has 0 unspecified atom stereocenters. The van der Waals surface area contributed by atoms with E-state index >= 15 is 0 Å². The Morgan fingerprint density at radius 2 is 2.25 bits per heavy atom. The second-order valence-corrected chi connectivity index (χ2v) is 2.47. The van der Waals surface area contributed by atoms with Crippen LogP contribution in [-0.2, 0) is 4.74 Å². The SMILES string of the molecule is C/C=C(\Br)[C@@H](C)OC. The molecule has 0 bridgehead atoms. The van der Waals surface area contributed by atoms with E-state index in [2.05, 4.69) is 15.9 Å². The van der Waals surface area contributed by atoms with E-state index < -0.39 is 0 Å². The van der Waals surface area contributed by atoms with Gasteiger partial charge in [-0.05, 0) is 13.8 Å². The quantitative estimate of drug-likeness (QED) is 0.631. The van der Waals surface area contributed by atoms with Gasteiger partial charge >= 0.3 is 0 Å². The van der Waals surface area contributed by atoms with Gasteiger partial charge in [0.2, 0.25) is 0 Å². The first-order valence-corrected chi connectivity index (χ1v) is 3.36. The van der Waals surface area contributed by atoms with E-state index in [1.54, 1.807) is 7.11 Å². The predicted molar refractivity (Wildman–Crippen MR) is 39.2 cm³/mol. The first-order chi connectivity index (χ1) is 3.72. The highest BCUT2D eigenvalue weighted by atomic mass is 79.9. The molecule has 0 amide bonds. The van der Waals surface area contributed by atoms with Crippen LogP contribution in [0.5, 0.6) is 0 Å². The van der Waals surface area contributed by atoms with Gasteiger partial charge in [-0.1, -0.05) is 22.0 Å². The first kappa shape index (κ1) is 8.18. The largest absolute Gasteiger partial charge is 0.377 e. The van der Waals surface area contributed by atoms with Crippen molar-refractivity contribution in [3.05, 3.63) is 10.6 Å². The summed E-state index contributed by atoms with van der Waals surface area (Å²) < 4.78 is 6.08. The van der Waals surface area contributed by atoms with Gasteiger partial charge in [-0.2, -0.15) is 0 Å². The van der Waals surface area contributed by atoms with E-state index in [-0.39, 0.29) is 6.10 Å². The van der Waals surface area contributed by atoms with Gasteiger partial charge in [0, 0.05) is 11.6 Å². The van der Waals surface area contributed by atoms with Crippen LogP contribution in [0.4, 0.5) is 0 Å². The van der Waals surface area contributed by atoms with Crippen LogP contribution in [0.15, 0.2) is 10.6 Å². The van der Waals surface area contributed by atoms with Crippen molar-refractivity contribution in [2.24, 2.45) is 0 Å². The molecule has 0 radical (unpaired) electrons. The van der Waals surface area contributed by atoms with Gasteiger partial charge in [-0.15, -0.1) is 0 Å². The molecular formula is C6H11BrO. The minimum atomic E-state index is 0.194.